The molecule has 0 spiro atoms. The topological polar surface area (TPSA) is 98.7 Å². The molecule has 1 amide bonds. The van der Waals surface area contributed by atoms with Gasteiger partial charge in [0.15, 0.2) is 0 Å². The summed E-state index contributed by atoms with van der Waals surface area (Å²) < 4.78 is 1.63. The lowest BCUT2D eigenvalue weighted by Gasteiger charge is -2.06. The minimum Gasteiger partial charge on any atom is -0.383 e. The molecule has 0 aromatic carbocycles. The van der Waals surface area contributed by atoms with Crippen LogP contribution in [0.25, 0.3) is 0 Å². The van der Waals surface area contributed by atoms with E-state index in [4.69, 9.17) is 5.73 Å². The van der Waals surface area contributed by atoms with Crippen molar-refractivity contribution < 1.29 is 4.79 Å². The molecule has 17 heavy (non-hydrogen) atoms. The van der Waals surface area contributed by atoms with Crippen molar-refractivity contribution in [1.29, 1.82) is 0 Å². The summed E-state index contributed by atoms with van der Waals surface area (Å²) in [6.07, 6.45) is 4.85. The number of anilines is 1. The summed E-state index contributed by atoms with van der Waals surface area (Å²) in [5, 5.41) is 10.2. The lowest BCUT2D eigenvalue weighted by molar-refractivity contribution is 0.0952. The van der Waals surface area contributed by atoms with Gasteiger partial charge in [0.25, 0.3) is 5.91 Å². The number of aromatic nitrogens is 4. The van der Waals surface area contributed by atoms with Gasteiger partial charge < -0.3 is 11.1 Å². The van der Waals surface area contributed by atoms with Crippen molar-refractivity contribution in [2.75, 3.05) is 12.3 Å². The second-order valence-electron chi connectivity index (χ2n) is 3.36. The van der Waals surface area contributed by atoms with Crippen LogP contribution in [0.3, 0.4) is 0 Å². The van der Waals surface area contributed by atoms with Crippen LogP contribution in [-0.2, 0) is 6.54 Å². The highest BCUT2D eigenvalue weighted by atomic mass is 16.1. The molecule has 0 atom stereocenters. The van der Waals surface area contributed by atoms with Crippen LogP contribution in [0.5, 0.6) is 0 Å². The van der Waals surface area contributed by atoms with Crippen LogP contribution in [0, 0.1) is 0 Å². The van der Waals surface area contributed by atoms with Crippen molar-refractivity contribution in [1.82, 2.24) is 25.3 Å². The number of nitrogens with two attached hydrogens (primary N) is 1. The van der Waals surface area contributed by atoms with Crippen LogP contribution >= 0.6 is 0 Å². The molecule has 0 radical (unpaired) electrons. The predicted octanol–water partition coefficient (Wildman–Crippen LogP) is -0.315. The first-order chi connectivity index (χ1) is 8.27. The van der Waals surface area contributed by atoms with E-state index in [0.29, 0.717) is 18.7 Å². The zero-order valence-corrected chi connectivity index (χ0v) is 9.08. The Bertz CT molecular complexity index is 495. The molecule has 0 unspecified atom stereocenters. The SMILES string of the molecule is Nc1ncccc1C(=O)NCCn1ccnn1. The molecule has 2 aromatic rings. The van der Waals surface area contributed by atoms with E-state index in [2.05, 4.69) is 20.6 Å². The molecule has 3 N–H and O–H groups in total. The van der Waals surface area contributed by atoms with E-state index in [1.165, 1.54) is 0 Å². The Balaban J connectivity index is 1.88. The van der Waals surface area contributed by atoms with Gasteiger partial charge in [0, 0.05) is 18.9 Å². The zero-order valence-electron chi connectivity index (χ0n) is 9.08. The van der Waals surface area contributed by atoms with Crippen LogP contribution in [-0.4, -0.2) is 32.4 Å². The molecule has 0 bridgehead atoms. The predicted molar refractivity (Wildman–Crippen MR) is 61.0 cm³/mol. The van der Waals surface area contributed by atoms with Crippen molar-refractivity contribution >= 4 is 11.7 Å². The maximum absolute atomic E-state index is 11.7. The average molecular weight is 232 g/mol. The molecule has 0 saturated heterocycles. The monoisotopic (exact) mass is 232 g/mol. The molecular formula is C10H12N6O. The Labute approximate surface area is 97.6 Å². The molecule has 7 heteroatoms. The Morgan fingerprint density at radius 2 is 2.35 bits per heavy atom. The molecule has 0 fully saturated rings. The third kappa shape index (κ3) is 2.77. The molecule has 0 aliphatic rings. The lowest BCUT2D eigenvalue weighted by atomic mass is 10.2. The van der Waals surface area contributed by atoms with Gasteiger partial charge in [-0.25, -0.2) is 4.98 Å². The van der Waals surface area contributed by atoms with Gasteiger partial charge in [-0.15, -0.1) is 5.10 Å². The third-order valence-electron chi connectivity index (χ3n) is 2.18. The zero-order chi connectivity index (χ0) is 12.1. The smallest absolute Gasteiger partial charge is 0.255 e. The van der Waals surface area contributed by atoms with Crippen LogP contribution in [0.15, 0.2) is 30.7 Å². The first kappa shape index (κ1) is 11.1. The summed E-state index contributed by atoms with van der Waals surface area (Å²) in [6, 6.07) is 3.30. The summed E-state index contributed by atoms with van der Waals surface area (Å²) in [5.74, 6) is -0.0125. The van der Waals surface area contributed by atoms with E-state index < -0.39 is 0 Å². The molecule has 2 rings (SSSR count). The molecule has 0 aliphatic heterocycles. The number of carbonyl (C=O) groups excluding carboxylic acids is 1. The lowest BCUT2D eigenvalue weighted by Crippen LogP contribution is -2.28. The summed E-state index contributed by atoms with van der Waals surface area (Å²) in [4.78, 5) is 15.6. The van der Waals surface area contributed by atoms with Crippen LogP contribution in [0.1, 0.15) is 10.4 Å². The fourth-order valence-electron chi connectivity index (χ4n) is 1.34. The summed E-state index contributed by atoms with van der Waals surface area (Å²) in [5.41, 5.74) is 5.97. The molecule has 0 aliphatic carbocycles. The van der Waals surface area contributed by atoms with Crippen molar-refractivity contribution in [2.24, 2.45) is 0 Å². The minimum atomic E-state index is -0.240. The minimum absolute atomic E-state index is 0.228. The number of pyridine rings is 1. The van der Waals surface area contributed by atoms with Gasteiger partial charge in [-0.2, -0.15) is 0 Å². The quantitative estimate of drug-likeness (QED) is 0.753. The van der Waals surface area contributed by atoms with Crippen molar-refractivity contribution in [3.8, 4) is 0 Å². The standard InChI is InChI=1S/C10H12N6O/c11-9-8(2-1-3-12-9)10(17)13-4-6-16-7-5-14-15-16/h1-3,5,7H,4,6H2,(H2,11,12)(H,13,17). The highest BCUT2D eigenvalue weighted by Crippen LogP contribution is 2.05. The molecule has 2 heterocycles. The number of nitrogens with zero attached hydrogens (tertiary/aromatic N) is 4. The highest BCUT2D eigenvalue weighted by molar-refractivity contribution is 5.98. The number of nitrogens with one attached hydrogen (secondary N) is 1. The maximum Gasteiger partial charge on any atom is 0.255 e. The molecular weight excluding hydrogens is 220 g/mol. The fourth-order valence-corrected chi connectivity index (χ4v) is 1.34. The Morgan fingerprint density at radius 1 is 1.47 bits per heavy atom. The third-order valence-corrected chi connectivity index (χ3v) is 2.18. The van der Waals surface area contributed by atoms with Crippen molar-refractivity contribution in [3.63, 3.8) is 0 Å². The van der Waals surface area contributed by atoms with Crippen molar-refractivity contribution in [2.45, 2.75) is 6.54 Å². The van der Waals surface area contributed by atoms with Gasteiger partial charge in [-0.1, -0.05) is 5.21 Å². The molecule has 0 saturated carbocycles. The molecule has 7 nitrogen and oxygen atoms in total. The summed E-state index contributed by atoms with van der Waals surface area (Å²) in [6.45, 7) is 1.02. The number of nitrogen functional groups attached to an aromatic ring is 1. The Hall–Kier alpha value is -2.44. The van der Waals surface area contributed by atoms with E-state index in [9.17, 15) is 4.79 Å². The van der Waals surface area contributed by atoms with E-state index in [-0.39, 0.29) is 11.7 Å². The summed E-state index contributed by atoms with van der Waals surface area (Å²) >= 11 is 0. The van der Waals surface area contributed by atoms with E-state index in [0.717, 1.165) is 0 Å². The van der Waals surface area contributed by atoms with E-state index in [1.807, 2.05) is 0 Å². The van der Waals surface area contributed by atoms with Crippen LogP contribution < -0.4 is 11.1 Å². The van der Waals surface area contributed by atoms with Gasteiger partial charge in [0.2, 0.25) is 0 Å². The molecule has 2 aromatic heterocycles. The van der Waals surface area contributed by atoms with Gasteiger partial charge in [-0.05, 0) is 12.1 Å². The van der Waals surface area contributed by atoms with Gasteiger partial charge >= 0.3 is 0 Å². The number of amides is 1. The average Bonchev–Trinajstić information content (AvgIpc) is 2.82. The second-order valence-corrected chi connectivity index (χ2v) is 3.36. The van der Waals surface area contributed by atoms with Crippen LogP contribution in [0.4, 0.5) is 5.82 Å². The number of rotatable bonds is 4. The van der Waals surface area contributed by atoms with Gasteiger partial charge in [-0.3, -0.25) is 9.48 Å². The normalized spacial score (nSPS) is 10.1. The van der Waals surface area contributed by atoms with E-state index in [1.54, 1.807) is 35.4 Å². The fraction of sp³-hybridized carbons (Fsp3) is 0.200. The van der Waals surface area contributed by atoms with Crippen LogP contribution in [0.2, 0.25) is 0 Å². The van der Waals surface area contributed by atoms with E-state index >= 15 is 0 Å². The molecule has 88 valence electrons. The number of hydrogen-bond donors (Lipinski definition) is 2. The first-order valence-electron chi connectivity index (χ1n) is 5.10. The summed E-state index contributed by atoms with van der Waals surface area (Å²) in [7, 11) is 0. The number of carbonyl (C=O) groups is 1. The van der Waals surface area contributed by atoms with Crippen molar-refractivity contribution in [3.05, 3.63) is 36.3 Å². The maximum atomic E-state index is 11.7. The Morgan fingerprint density at radius 3 is 3.06 bits per heavy atom. The first-order valence-corrected chi connectivity index (χ1v) is 5.10. The number of hydrogen-bond acceptors (Lipinski definition) is 5. The Kier molecular flexibility index (Phi) is 3.29. The highest BCUT2D eigenvalue weighted by Gasteiger charge is 2.08. The van der Waals surface area contributed by atoms with Gasteiger partial charge in [0.05, 0.1) is 18.3 Å². The largest absolute Gasteiger partial charge is 0.383 e. The van der Waals surface area contributed by atoms with Gasteiger partial charge in [0.1, 0.15) is 5.82 Å². The second kappa shape index (κ2) is 5.06.